The van der Waals surface area contributed by atoms with Gasteiger partial charge in [0.2, 0.25) is 5.91 Å². The molecule has 0 unspecified atom stereocenters. The third-order valence-corrected chi connectivity index (χ3v) is 5.25. The molecule has 0 spiro atoms. The van der Waals surface area contributed by atoms with Crippen molar-refractivity contribution in [3.05, 3.63) is 53.0 Å². The van der Waals surface area contributed by atoms with Gasteiger partial charge in [0, 0.05) is 49.3 Å². The van der Waals surface area contributed by atoms with Gasteiger partial charge in [-0.3, -0.25) is 4.79 Å². The maximum atomic E-state index is 12.7. The molecule has 0 saturated carbocycles. The van der Waals surface area contributed by atoms with Crippen LogP contribution in [0.3, 0.4) is 0 Å². The van der Waals surface area contributed by atoms with E-state index in [-0.39, 0.29) is 11.3 Å². The normalized spacial score (nSPS) is 15.5. The maximum absolute atomic E-state index is 12.7. The molecule has 28 heavy (non-hydrogen) atoms. The van der Waals surface area contributed by atoms with Crippen molar-refractivity contribution >= 4 is 11.7 Å². The Hall–Kier alpha value is -2.43. The molecule has 1 fully saturated rings. The molecule has 1 amide bonds. The van der Waals surface area contributed by atoms with Gasteiger partial charge in [-0.05, 0) is 25.8 Å². The number of benzene rings is 1. The predicted molar refractivity (Wildman–Crippen MR) is 114 cm³/mol. The highest BCUT2D eigenvalue weighted by atomic mass is 16.2. The number of carbonyl (C=O) groups is 1. The van der Waals surface area contributed by atoms with Gasteiger partial charge in [0.1, 0.15) is 11.6 Å². The van der Waals surface area contributed by atoms with Crippen molar-refractivity contribution < 1.29 is 4.79 Å². The highest BCUT2D eigenvalue weighted by molar-refractivity contribution is 5.81. The average Bonchev–Trinajstić information content (AvgIpc) is 2.89. The van der Waals surface area contributed by atoms with Crippen molar-refractivity contribution in [2.45, 2.75) is 47.5 Å². The van der Waals surface area contributed by atoms with Gasteiger partial charge in [0.15, 0.2) is 0 Å². The molecular weight excluding hydrogens is 348 g/mol. The summed E-state index contributed by atoms with van der Waals surface area (Å²) in [6, 6.07) is 10.5. The molecule has 0 atom stereocenters. The zero-order valence-electron chi connectivity index (χ0n) is 17.8. The second-order valence-corrected chi connectivity index (χ2v) is 8.70. The Morgan fingerprint density at radius 3 is 2.39 bits per heavy atom. The van der Waals surface area contributed by atoms with Crippen LogP contribution in [-0.2, 0) is 11.2 Å². The van der Waals surface area contributed by atoms with Crippen LogP contribution in [0.15, 0.2) is 30.3 Å². The SMILES string of the molecule is Cc1nc(C)c(Cc2ccccc2)c(N2CCCN(C(=O)C(C)(C)C)CC2)n1. The first-order valence-electron chi connectivity index (χ1n) is 10.2. The summed E-state index contributed by atoms with van der Waals surface area (Å²) in [6.07, 6.45) is 1.78. The van der Waals surface area contributed by atoms with Crippen molar-refractivity contribution in [2.75, 3.05) is 31.1 Å². The summed E-state index contributed by atoms with van der Waals surface area (Å²) in [5, 5.41) is 0. The molecule has 2 aromatic rings. The largest absolute Gasteiger partial charge is 0.354 e. The minimum absolute atomic E-state index is 0.230. The number of nitrogens with zero attached hydrogens (tertiary/aromatic N) is 4. The lowest BCUT2D eigenvalue weighted by Gasteiger charge is -2.29. The average molecular weight is 381 g/mol. The Kier molecular flexibility index (Phi) is 6.01. The van der Waals surface area contributed by atoms with Gasteiger partial charge >= 0.3 is 0 Å². The van der Waals surface area contributed by atoms with Crippen LogP contribution < -0.4 is 4.90 Å². The van der Waals surface area contributed by atoms with Crippen LogP contribution in [0.25, 0.3) is 0 Å². The van der Waals surface area contributed by atoms with Gasteiger partial charge in [0.25, 0.3) is 0 Å². The van der Waals surface area contributed by atoms with Crippen LogP contribution in [0.2, 0.25) is 0 Å². The minimum atomic E-state index is -0.338. The number of aryl methyl sites for hydroxylation is 2. The van der Waals surface area contributed by atoms with Crippen molar-refractivity contribution in [1.82, 2.24) is 14.9 Å². The molecule has 1 aliphatic heterocycles. The second kappa shape index (κ2) is 8.29. The quantitative estimate of drug-likeness (QED) is 0.813. The van der Waals surface area contributed by atoms with Crippen molar-refractivity contribution in [1.29, 1.82) is 0 Å². The summed E-state index contributed by atoms with van der Waals surface area (Å²) >= 11 is 0. The van der Waals surface area contributed by atoms with Crippen molar-refractivity contribution in [2.24, 2.45) is 5.41 Å². The Balaban J connectivity index is 1.85. The number of anilines is 1. The summed E-state index contributed by atoms with van der Waals surface area (Å²) in [6.45, 7) is 13.3. The van der Waals surface area contributed by atoms with Gasteiger partial charge in [-0.2, -0.15) is 0 Å². The highest BCUT2D eigenvalue weighted by Gasteiger charge is 2.29. The number of amides is 1. The summed E-state index contributed by atoms with van der Waals surface area (Å²) in [4.78, 5) is 26.5. The first-order valence-corrected chi connectivity index (χ1v) is 10.2. The molecule has 5 heteroatoms. The minimum Gasteiger partial charge on any atom is -0.354 e. The summed E-state index contributed by atoms with van der Waals surface area (Å²) < 4.78 is 0. The Bertz CT molecular complexity index is 826. The van der Waals surface area contributed by atoms with E-state index < -0.39 is 0 Å². The third-order valence-electron chi connectivity index (χ3n) is 5.25. The summed E-state index contributed by atoms with van der Waals surface area (Å²) in [5.74, 6) is 2.06. The molecule has 2 heterocycles. The lowest BCUT2D eigenvalue weighted by molar-refractivity contribution is -0.139. The zero-order chi connectivity index (χ0) is 20.3. The van der Waals surface area contributed by atoms with E-state index >= 15 is 0 Å². The van der Waals surface area contributed by atoms with E-state index in [9.17, 15) is 4.79 Å². The molecule has 3 rings (SSSR count). The number of hydrogen-bond acceptors (Lipinski definition) is 4. The highest BCUT2D eigenvalue weighted by Crippen LogP contribution is 2.26. The third kappa shape index (κ3) is 4.70. The maximum Gasteiger partial charge on any atom is 0.228 e. The van der Waals surface area contributed by atoms with E-state index in [1.807, 2.05) is 38.7 Å². The molecule has 0 aliphatic carbocycles. The predicted octanol–water partition coefficient (Wildman–Crippen LogP) is 3.77. The van der Waals surface area contributed by atoms with Crippen LogP contribution in [0.5, 0.6) is 0 Å². The van der Waals surface area contributed by atoms with E-state index in [2.05, 4.69) is 41.1 Å². The van der Waals surface area contributed by atoms with Crippen LogP contribution in [0.1, 0.15) is 49.8 Å². The van der Waals surface area contributed by atoms with E-state index in [4.69, 9.17) is 4.98 Å². The molecule has 0 N–H and O–H groups in total. The van der Waals surface area contributed by atoms with Crippen LogP contribution in [0, 0.1) is 19.3 Å². The van der Waals surface area contributed by atoms with Gasteiger partial charge in [0.05, 0.1) is 0 Å². The fraction of sp³-hybridized carbons (Fsp3) is 0.522. The van der Waals surface area contributed by atoms with Crippen LogP contribution in [-0.4, -0.2) is 47.0 Å². The fourth-order valence-corrected chi connectivity index (χ4v) is 3.79. The van der Waals surface area contributed by atoms with E-state index in [1.54, 1.807) is 0 Å². The Morgan fingerprint density at radius 2 is 1.71 bits per heavy atom. The van der Waals surface area contributed by atoms with E-state index in [1.165, 1.54) is 11.1 Å². The molecule has 150 valence electrons. The molecule has 5 nitrogen and oxygen atoms in total. The molecule has 1 aliphatic rings. The number of rotatable bonds is 3. The van der Waals surface area contributed by atoms with Gasteiger partial charge in [-0.25, -0.2) is 9.97 Å². The molecule has 0 radical (unpaired) electrons. The smallest absolute Gasteiger partial charge is 0.228 e. The van der Waals surface area contributed by atoms with Crippen molar-refractivity contribution in [3.8, 4) is 0 Å². The molecular formula is C23H32N4O. The second-order valence-electron chi connectivity index (χ2n) is 8.70. The van der Waals surface area contributed by atoms with Gasteiger partial charge in [-0.15, -0.1) is 0 Å². The zero-order valence-corrected chi connectivity index (χ0v) is 17.8. The Morgan fingerprint density at radius 1 is 1.00 bits per heavy atom. The molecule has 0 bridgehead atoms. The van der Waals surface area contributed by atoms with Crippen LogP contribution >= 0.6 is 0 Å². The monoisotopic (exact) mass is 380 g/mol. The summed E-state index contributed by atoms with van der Waals surface area (Å²) in [5.41, 5.74) is 3.15. The van der Waals surface area contributed by atoms with E-state index in [0.717, 1.165) is 56.4 Å². The summed E-state index contributed by atoms with van der Waals surface area (Å²) in [7, 11) is 0. The van der Waals surface area contributed by atoms with Crippen LogP contribution in [0.4, 0.5) is 5.82 Å². The lowest BCUT2D eigenvalue weighted by Crippen LogP contribution is -2.41. The number of carbonyl (C=O) groups excluding carboxylic acids is 1. The molecule has 1 aromatic carbocycles. The topological polar surface area (TPSA) is 49.3 Å². The van der Waals surface area contributed by atoms with Crippen molar-refractivity contribution in [3.63, 3.8) is 0 Å². The lowest BCUT2D eigenvalue weighted by atomic mass is 9.94. The number of hydrogen-bond donors (Lipinski definition) is 0. The van der Waals surface area contributed by atoms with Gasteiger partial charge < -0.3 is 9.80 Å². The van der Waals surface area contributed by atoms with Gasteiger partial charge in [-0.1, -0.05) is 51.1 Å². The molecule has 1 aromatic heterocycles. The molecule has 1 saturated heterocycles. The Labute approximate surface area is 168 Å². The standard InChI is InChI=1S/C23H32N4O/c1-17-20(16-19-10-7-6-8-11-19)21(25-18(2)24-17)26-12-9-13-27(15-14-26)22(28)23(3,4)5/h6-8,10-11H,9,12-16H2,1-5H3. The first-order chi connectivity index (χ1) is 13.3. The fourth-order valence-electron chi connectivity index (χ4n) is 3.79. The van der Waals surface area contributed by atoms with E-state index in [0.29, 0.717) is 0 Å². The first kappa shape index (κ1) is 20.3. The number of aromatic nitrogens is 2.